The molecule has 1 heterocycles. The van der Waals surface area contributed by atoms with E-state index in [4.69, 9.17) is 5.11 Å². The molecule has 1 aliphatic rings. The Morgan fingerprint density at radius 3 is 2.61 bits per heavy atom. The molecule has 4 nitrogen and oxygen atoms in total. The average Bonchev–Trinajstić information content (AvgIpc) is 2.55. The number of carbonyl (C=O) groups is 1. The molecule has 0 unspecified atom stereocenters. The van der Waals surface area contributed by atoms with Gasteiger partial charge in [0.2, 0.25) is 0 Å². The average molecular weight is 309 g/mol. The molecule has 0 bridgehead atoms. The number of aromatic nitrogens is 1. The van der Waals surface area contributed by atoms with E-state index in [-0.39, 0.29) is 5.56 Å². The number of rotatable bonds is 3. The minimum Gasteiger partial charge on any atom is -0.478 e. The molecule has 0 saturated heterocycles. The first-order valence-corrected chi connectivity index (χ1v) is 7.79. The lowest BCUT2D eigenvalue weighted by Gasteiger charge is -2.17. The van der Waals surface area contributed by atoms with Crippen LogP contribution in [0.3, 0.4) is 0 Å². The summed E-state index contributed by atoms with van der Waals surface area (Å²) < 4.78 is 1.58. The van der Waals surface area contributed by atoms with Gasteiger partial charge < -0.3 is 9.67 Å². The monoisotopic (exact) mass is 309 g/mol. The van der Waals surface area contributed by atoms with Gasteiger partial charge in [0.05, 0.1) is 5.69 Å². The second kappa shape index (κ2) is 6.24. The van der Waals surface area contributed by atoms with Crippen LogP contribution >= 0.6 is 0 Å². The first kappa shape index (κ1) is 15.3. The van der Waals surface area contributed by atoms with Crippen molar-refractivity contribution >= 4 is 12.0 Å². The SMILES string of the molecule is Cn1c(-c2ccc3c(c2)CCCC3)ccc(/C=C/C(=O)O)c1=O. The predicted molar refractivity (Wildman–Crippen MR) is 90.4 cm³/mol. The highest BCUT2D eigenvalue weighted by Crippen LogP contribution is 2.27. The number of carboxylic acid groups (broad SMARTS) is 1. The third-order valence-electron chi connectivity index (χ3n) is 4.38. The quantitative estimate of drug-likeness (QED) is 0.887. The number of aliphatic carboxylic acids is 1. The van der Waals surface area contributed by atoms with Crippen LogP contribution in [0.1, 0.15) is 29.5 Å². The van der Waals surface area contributed by atoms with E-state index >= 15 is 0 Å². The minimum atomic E-state index is -1.06. The molecule has 1 N–H and O–H groups in total. The number of hydrogen-bond acceptors (Lipinski definition) is 2. The lowest BCUT2D eigenvalue weighted by Crippen LogP contribution is -2.20. The zero-order valence-corrected chi connectivity index (χ0v) is 13.1. The maximum Gasteiger partial charge on any atom is 0.328 e. The fourth-order valence-electron chi connectivity index (χ4n) is 3.13. The first-order chi connectivity index (χ1) is 11.1. The third-order valence-corrected chi connectivity index (χ3v) is 4.38. The number of hydrogen-bond donors (Lipinski definition) is 1. The van der Waals surface area contributed by atoms with Crippen LogP contribution in [-0.4, -0.2) is 15.6 Å². The van der Waals surface area contributed by atoms with Crippen LogP contribution in [0.4, 0.5) is 0 Å². The van der Waals surface area contributed by atoms with Crippen molar-refractivity contribution in [1.29, 1.82) is 0 Å². The van der Waals surface area contributed by atoms with E-state index in [1.54, 1.807) is 17.7 Å². The maximum atomic E-state index is 12.4. The van der Waals surface area contributed by atoms with E-state index < -0.39 is 5.97 Å². The number of pyridine rings is 1. The zero-order chi connectivity index (χ0) is 16.4. The van der Waals surface area contributed by atoms with E-state index in [1.807, 2.05) is 6.07 Å². The molecule has 3 rings (SSSR count). The number of fused-ring (bicyclic) bond motifs is 1. The van der Waals surface area contributed by atoms with Crippen molar-refractivity contribution < 1.29 is 9.90 Å². The van der Waals surface area contributed by atoms with Gasteiger partial charge in [-0.25, -0.2) is 4.79 Å². The largest absolute Gasteiger partial charge is 0.478 e. The van der Waals surface area contributed by atoms with Crippen LogP contribution in [-0.2, 0) is 24.7 Å². The lowest BCUT2D eigenvalue weighted by molar-refractivity contribution is -0.131. The molecule has 0 aliphatic heterocycles. The van der Waals surface area contributed by atoms with Crippen LogP contribution in [0.5, 0.6) is 0 Å². The van der Waals surface area contributed by atoms with Gasteiger partial charge in [0.1, 0.15) is 0 Å². The summed E-state index contributed by atoms with van der Waals surface area (Å²) in [7, 11) is 1.72. The molecule has 0 atom stereocenters. The second-order valence-corrected chi connectivity index (χ2v) is 5.90. The lowest BCUT2D eigenvalue weighted by atomic mass is 9.90. The van der Waals surface area contributed by atoms with Gasteiger partial charge in [-0.3, -0.25) is 4.79 Å². The van der Waals surface area contributed by atoms with Crippen molar-refractivity contribution in [2.75, 3.05) is 0 Å². The van der Waals surface area contributed by atoms with E-state index in [1.165, 1.54) is 30.0 Å². The summed E-state index contributed by atoms with van der Waals surface area (Å²) >= 11 is 0. The Kier molecular flexibility index (Phi) is 4.15. The van der Waals surface area contributed by atoms with Crippen molar-refractivity contribution in [2.24, 2.45) is 7.05 Å². The van der Waals surface area contributed by atoms with Crippen LogP contribution < -0.4 is 5.56 Å². The number of aryl methyl sites for hydroxylation is 2. The molecule has 0 amide bonds. The zero-order valence-electron chi connectivity index (χ0n) is 13.1. The Labute approximate surface area is 134 Å². The van der Waals surface area contributed by atoms with E-state index in [0.717, 1.165) is 30.2 Å². The van der Waals surface area contributed by atoms with E-state index in [0.29, 0.717) is 5.56 Å². The summed E-state index contributed by atoms with van der Waals surface area (Å²) in [6.45, 7) is 0. The molecule has 23 heavy (non-hydrogen) atoms. The highest BCUT2D eigenvalue weighted by molar-refractivity contribution is 5.85. The topological polar surface area (TPSA) is 59.3 Å². The van der Waals surface area contributed by atoms with Gasteiger partial charge in [-0.2, -0.15) is 0 Å². The fraction of sp³-hybridized carbons (Fsp3) is 0.263. The molecular formula is C19H19NO3. The highest BCUT2D eigenvalue weighted by atomic mass is 16.4. The predicted octanol–water partition coefficient (Wildman–Crippen LogP) is 3.03. The van der Waals surface area contributed by atoms with Crippen molar-refractivity contribution in [3.05, 3.63) is 63.5 Å². The molecule has 118 valence electrons. The molecular weight excluding hydrogens is 290 g/mol. The van der Waals surface area contributed by atoms with Crippen LogP contribution in [0.25, 0.3) is 17.3 Å². The Bertz CT molecular complexity index is 846. The van der Waals surface area contributed by atoms with Crippen LogP contribution in [0, 0.1) is 0 Å². The van der Waals surface area contributed by atoms with Crippen molar-refractivity contribution in [1.82, 2.24) is 4.57 Å². The number of benzene rings is 1. The minimum absolute atomic E-state index is 0.197. The third kappa shape index (κ3) is 3.11. The molecule has 1 aliphatic carbocycles. The normalized spacial score (nSPS) is 14.0. The Balaban J connectivity index is 2.02. The summed E-state index contributed by atoms with van der Waals surface area (Å²) in [5, 5.41) is 8.68. The van der Waals surface area contributed by atoms with E-state index in [2.05, 4.69) is 18.2 Å². The smallest absolute Gasteiger partial charge is 0.328 e. The Morgan fingerprint density at radius 1 is 1.13 bits per heavy atom. The fourth-order valence-corrected chi connectivity index (χ4v) is 3.13. The van der Waals surface area contributed by atoms with Gasteiger partial charge in [0, 0.05) is 18.7 Å². The van der Waals surface area contributed by atoms with Crippen molar-refractivity contribution in [2.45, 2.75) is 25.7 Å². The van der Waals surface area contributed by atoms with Gasteiger partial charge in [-0.15, -0.1) is 0 Å². The Morgan fingerprint density at radius 2 is 1.87 bits per heavy atom. The molecule has 0 fully saturated rings. The van der Waals surface area contributed by atoms with Gasteiger partial charge in [0.15, 0.2) is 0 Å². The molecule has 1 aromatic carbocycles. The molecule has 0 saturated carbocycles. The van der Waals surface area contributed by atoms with Crippen LogP contribution in [0.15, 0.2) is 41.2 Å². The van der Waals surface area contributed by atoms with Crippen molar-refractivity contribution in [3.63, 3.8) is 0 Å². The molecule has 2 aromatic rings. The first-order valence-electron chi connectivity index (χ1n) is 7.79. The van der Waals surface area contributed by atoms with Crippen molar-refractivity contribution in [3.8, 4) is 11.3 Å². The molecule has 0 radical (unpaired) electrons. The maximum absolute atomic E-state index is 12.4. The Hall–Kier alpha value is -2.62. The van der Waals surface area contributed by atoms with Gasteiger partial charge in [-0.05, 0) is 66.6 Å². The molecule has 4 heteroatoms. The summed E-state index contributed by atoms with van der Waals surface area (Å²) in [6, 6.07) is 9.94. The van der Waals surface area contributed by atoms with Crippen LogP contribution in [0.2, 0.25) is 0 Å². The van der Waals surface area contributed by atoms with Gasteiger partial charge in [0.25, 0.3) is 5.56 Å². The van der Waals surface area contributed by atoms with E-state index in [9.17, 15) is 9.59 Å². The summed E-state index contributed by atoms with van der Waals surface area (Å²) in [6.07, 6.45) is 7.00. The van der Waals surface area contributed by atoms with Gasteiger partial charge >= 0.3 is 5.97 Å². The number of nitrogens with zero attached hydrogens (tertiary/aromatic N) is 1. The highest BCUT2D eigenvalue weighted by Gasteiger charge is 2.12. The summed E-state index contributed by atoms with van der Waals surface area (Å²) in [5.41, 5.74) is 4.83. The standard InChI is InChI=1S/C19H19NO3/c1-20-17(10-8-14(19(20)23)9-11-18(21)22)16-7-6-13-4-2-3-5-15(13)12-16/h6-12H,2-5H2,1H3,(H,21,22)/b11-9+. The summed E-state index contributed by atoms with van der Waals surface area (Å²) in [5.74, 6) is -1.06. The number of carboxylic acids is 1. The second-order valence-electron chi connectivity index (χ2n) is 5.90. The van der Waals surface area contributed by atoms with Gasteiger partial charge in [-0.1, -0.05) is 12.1 Å². The summed E-state index contributed by atoms with van der Waals surface area (Å²) in [4.78, 5) is 23.0. The molecule has 1 aromatic heterocycles. The molecule has 0 spiro atoms.